The molecule has 6 heteroatoms. The number of thiazole rings is 1. The number of carbonyl (C=O) groups is 1. The first-order valence-electron chi connectivity index (χ1n) is 7.44. The van der Waals surface area contributed by atoms with E-state index in [9.17, 15) is 4.79 Å². The number of hydrogen-bond donors (Lipinski definition) is 1. The average Bonchev–Trinajstić information content (AvgIpc) is 3.17. The number of aryl methyl sites for hydroxylation is 2. The number of aromatic nitrogens is 3. The summed E-state index contributed by atoms with van der Waals surface area (Å²) in [7, 11) is 0. The fourth-order valence-corrected chi connectivity index (χ4v) is 3.03. The van der Waals surface area contributed by atoms with E-state index < -0.39 is 0 Å². The van der Waals surface area contributed by atoms with Crippen LogP contribution in [0, 0.1) is 13.8 Å². The standard InChI is InChI=1S/C17H18N4OS/c1-12-11-13(2)21(20-12)15-5-3-14(4-6-15)17(22)19-8-7-16-18-9-10-23-16/h3-6,9-11H,7-8H2,1-2H3,(H,19,22). The van der Waals surface area contributed by atoms with E-state index in [0.717, 1.165) is 28.5 Å². The number of hydrogen-bond acceptors (Lipinski definition) is 4. The topological polar surface area (TPSA) is 59.8 Å². The number of nitrogens with zero attached hydrogens (tertiary/aromatic N) is 3. The molecule has 0 spiro atoms. The molecule has 0 saturated heterocycles. The second kappa shape index (κ2) is 6.75. The van der Waals surface area contributed by atoms with Gasteiger partial charge in [0.1, 0.15) is 0 Å². The first-order chi connectivity index (χ1) is 11.1. The highest BCUT2D eigenvalue weighted by Gasteiger charge is 2.08. The summed E-state index contributed by atoms with van der Waals surface area (Å²) in [5, 5.41) is 10.3. The molecule has 2 aromatic heterocycles. The summed E-state index contributed by atoms with van der Waals surface area (Å²) in [5.41, 5.74) is 3.65. The normalized spacial score (nSPS) is 10.7. The van der Waals surface area contributed by atoms with E-state index in [1.165, 1.54) is 0 Å². The van der Waals surface area contributed by atoms with Crippen molar-refractivity contribution in [2.75, 3.05) is 6.54 Å². The van der Waals surface area contributed by atoms with Gasteiger partial charge >= 0.3 is 0 Å². The van der Waals surface area contributed by atoms with Crippen LogP contribution in [0.2, 0.25) is 0 Å². The van der Waals surface area contributed by atoms with Crippen molar-refractivity contribution in [1.29, 1.82) is 0 Å². The molecule has 5 nitrogen and oxygen atoms in total. The number of benzene rings is 1. The predicted octanol–water partition coefficient (Wildman–Crippen LogP) is 2.92. The highest BCUT2D eigenvalue weighted by molar-refractivity contribution is 7.09. The fourth-order valence-electron chi connectivity index (χ4n) is 2.41. The minimum absolute atomic E-state index is 0.0681. The van der Waals surface area contributed by atoms with E-state index >= 15 is 0 Å². The molecule has 0 aliphatic heterocycles. The minimum atomic E-state index is -0.0681. The summed E-state index contributed by atoms with van der Waals surface area (Å²) in [6.07, 6.45) is 2.53. The highest BCUT2D eigenvalue weighted by Crippen LogP contribution is 2.13. The monoisotopic (exact) mass is 326 g/mol. The lowest BCUT2D eigenvalue weighted by Crippen LogP contribution is -2.25. The number of rotatable bonds is 5. The summed E-state index contributed by atoms with van der Waals surface area (Å²) in [6.45, 7) is 4.57. The quantitative estimate of drug-likeness (QED) is 0.784. The van der Waals surface area contributed by atoms with E-state index in [1.807, 2.05) is 54.2 Å². The molecule has 0 saturated carbocycles. The largest absolute Gasteiger partial charge is 0.352 e. The second-order valence-electron chi connectivity index (χ2n) is 5.32. The van der Waals surface area contributed by atoms with Crippen molar-refractivity contribution in [2.24, 2.45) is 0 Å². The third-order valence-electron chi connectivity index (χ3n) is 3.49. The summed E-state index contributed by atoms with van der Waals surface area (Å²) >= 11 is 1.60. The Hall–Kier alpha value is -2.47. The highest BCUT2D eigenvalue weighted by atomic mass is 32.1. The van der Waals surface area contributed by atoms with E-state index in [-0.39, 0.29) is 5.91 Å². The van der Waals surface area contributed by atoms with Crippen LogP contribution in [0.25, 0.3) is 5.69 Å². The van der Waals surface area contributed by atoms with Crippen molar-refractivity contribution in [3.8, 4) is 5.69 Å². The average molecular weight is 326 g/mol. The molecule has 0 unspecified atom stereocenters. The van der Waals surface area contributed by atoms with Crippen molar-refractivity contribution < 1.29 is 4.79 Å². The lowest BCUT2D eigenvalue weighted by atomic mass is 10.2. The Morgan fingerprint density at radius 3 is 2.65 bits per heavy atom. The van der Waals surface area contributed by atoms with Crippen LogP contribution < -0.4 is 5.32 Å². The van der Waals surface area contributed by atoms with Gasteiger partial charge in [0.25, 0.3) is 5.91 Å². The van der Waals surface area contributed by atoms with E-state index in [4.69, 9.17) is 0 Å². The predicted molar refractivity (Wildman–Crippen MR) is 91.2 cm³/mol. The van der Waals surface area contributed by atoms with Gasteiger partial charge in [0, 0.05) is 35.8 Å². The van der Waals surface area contributed by atoms with Gasteiger partial charge in [0.2, 0.25) is 0 Å². The van der Waals surface area contributed by atoms with Gasteiger partial charge < -0.3 is 5.32 Å². The van der Waals surface area contributed by atoms with Gasteiger partial charge in [-0.15, -0.1) is 11.3 Å². The molecule has 0 atom stereocenters. The van der Waals surface area contributed by atoms with Crippen LogP contribution in [-0.2, 0) is 6.42 Å². The van der Waals surface area contributed by atoms with Crippen molar-refractivity contribution in [3.05, 3.63) is 63.9 Å². The molecule has 2 heterocycles. The molecule has 0 aliphatic rings. The lowest BCUT2D eigenvalue weighted by molar-refractivity contribution is 0.0954. The van der Waals surface area contributed by atoms with Gasteiger partial charge in [0.15, 0.2) is 0 Å². The van der Waals surface area contributed by atoms with Crippen LogP contribution in [0.1, 0.15) is 26.8 Å². The van der Waals surface area contributed by atoms with Crippen LogP contribution in [0.5, 0.6) is 0 Å². The smallest absolute Gasteiger partial charge is 0.251 e. The molecular weight excluding hydrogens is 308 g/mol. The zero-order chi connectivity index (χ0) is 16.2. The van der Waals surface area contributed by atoms with Crippen LogP contribution >= 0.6 is 11.3 Å². The van der Waals surface area contributed by atoms with Crippen molar-refractivity contribution in [2.45, 2.75) is 20.3 Å². The Morgan fingerprint density at radius 2 is 2.04 bits per heavy atom. The molecule has 23 heavy (non-hydrogen) atoms. The molecule has 118 valence electrons. The van der Waals surface area contributed by atoms with E-state index in [2.05, 4.69) is 15.4 Å². The Balaban J connectivity index is 1.62. The Labute approximate surface area is 139 Å². The Bertz CT molecular complexity index is 791. The van der Waals surface area contributed by atoms with E-state index in [0.29, 0.717) is 12.1 Å². The molecule has 0 bridgehead atoms. The van der Waals surface area contributed by atoms with Gasteiger partial charge in [-0.3, -0.25) is 4.79 Å². The third kappa shape index (κ3) is 3.65. The molecule has 0 aliphatic carbocycles. The number of nitrogens with one attached hydrogen (secondary N) is 1. The molecule has 0 radical (unpaired) electrons. The summed E-state index contributed by atoms with van der Waals surface area (Å²) in [6, 6.07) is 9.50. The minimum Gasteiger partial charge on any atom is -0.352 e. The molecular formula is C17H18N4OS. The third-order valence-corrected chi connectivity index (χ3v) is 4.33. The van der Waals surface area contributed by atoms with Gasteiger partial charge in [-0.25, -0.2) is 9.67 Å². The maximum absolute atomic E-state index is 12.1. The lowest BCUT2D eigenvalue weighted by Gasteiger charge is -2.07. The van der Waals surface area contributed by atoms with Crippen molar-refractivity contribution >= 4 is 17.2 Å². The van der Waals surface area contributed by atoms with Crippen LogP contribution in [0.4, 0.5) is 0 Å². The fraction of sp³-hybridized carbons (Fsp3) is 0.235. The number of carbonyl (C=O) groups excluding carboxylic acids is 1. The van der Waals surface area contributed by atoms with Gasteiger partial charge in [-0.05, 0) is 44.2 Å². The SMILES string of the molecule is Cc1cc(C)n(-c2ccc(C(=O)NCCc3nccs3)cc2)n1. The summed E-state index contributed by atoms with van der Waals surface area (Å²) in [5.74, 6) is -0.0681. The maximum atomic E-state index is 12.1. The summed E-state index contributed by atoms with van der Waals surface area (Å²) in [4.78, 5) is 16.3. The molecule has 3 rings (SSSR count). The number of amides is 1. The zero-order valence-electron chi connectivity index (χ0n) is 13.1. The van der Waals surface area contributed by atoms with Crippen LogP contribution in [0.15, 0.2) is 41.9 Å². The Kier molecular flexibility index (Phi) is 4.52. The Morgan fingerprint density at radius 1 is 1.26 bits per heavy atom. The maximum Gasteiger partial charge on any atom is 0.251 e. The van der Waals surface area contributed by atoms with Crippen molar-refractivity contribution in [1.82, 2.24) is 20.1 Å². The summed E-state index contributed by atoms with van der Waals surface area (Å²) < 4.78 is 1.87. The first kappa shape index (κ1) is 15.4. The van der Waals surface area contributed by atoms with Gasteiger partial charge in [-0.2, -0.15) is 5.10 Å². The second-order valence-corrected chi connectivity index (χ2v) is 6.30. The van der Waals surface area contributed by atoms with Crippen molar-refractivity contribution in [3.63, 3.8) is 0 Å². The molecule has 1 N–H and O–H groups in total. The molecule has 1 aromatic carbocycles. The molecule has 3 aromatic rings. The van der Waals surface area contributed by atoms with E-state index in [1.54, 1.807) is 17.5 Å². The molecule has 0 fully saturated rings. The van der Waals surface area contributed by atoms with Gasteiger partial charge in [-0.1, -0.05) is 0 Å². The zero-order valence-corrected chi connectivity index (χ0v) is 13.9. The van der Waals surface area contributed by atoms with Gasteiger partial charge in [0.05, 0.1) is 16.4 Å². The first-order valence-corrected chi connectivity index (χ1v) is 8.32. The molecule has 1 amide bonds. The van der Waals surface area contributed by atoms with Crippen LogP contribution in [-0.4, -0.2) is 27.2 Å². The van der Waals surface area contributed by atoms with Crippen LogP contribution in [0.3, 0.4) is 0 Å².